The molecule has 60 valence electrons. The van der Waals surface area contributed by atoms with Crippen molar-refractivity contribution in [3.63, 3.8) is 0 Å². The zero-order valence-electron chi connectivity index (χ0n) is 6.96. The van der Waals surface area contributed by atoms with Crippen molar-refractivity contribution in [3.05, 3.63) is 36.2 Å². The summed E-state index contributed by atoms with van der Waals surface area (Å²) in [4.78, 5) is 7.49. The fourth-order valence-electron chi connectivity index (χ4n) is 1.27. The zero-order chi connectivity index (χ0) is 8.55. The highest BCUT2D eigenvalue weighted by molar-refractivity contribution is 5.78. The quantitative estimate of drug-likeness (QED) is 0.678. The summed E-state index contributed by atoms with van der Waals surface area (Å²) in [6, 6.07) is 4.07. The summed E-state index contributed by atoms with van der Waals surface area (Å²) in [7, 11) is 0. The molecular weight excluding hydrogens is 148 g/mol. The first kappa shape index (κ1) is 7.10. The van der Waals surface area contributed by atoms with Crippen molar-refractivity contribution in [3.8, 4) is 0 Å². The van der Waals surface area contributed by atoms with Crippen molar-refractivity contribution in [2.75, 3.05) is 0 Å². The van der Waals surface area contributed by atoms with Gasteiger partial charge >= 0.3 is 0 Å². The molecule has 12 heavy (non-hydrogen) atoms. The van der Waals surface area contributed by atoms with Crippen LogP contribution in [-0.2, 0) is 0 Å². The third kappa shape index (κ3) is 1.01. The van der Waals surface area contributed by atoms with E-state index in [0.717, 1.165) is 22.3 Å². The number of rotatable bonds is 1. The van der Waals surface area contributed by atoms with Gasteiger partial charge in [0.2, 0.25) is 0 Å². The van der Waals surface area contributed by atoms with Gasteiger partial charge in [0.1, 0.15) is 0 Å². The molecule has 2 nitrogen and oxygen atoms in total. The molecule has 0 aliphatic heterocycles. The van der Waals surface area contributed by atoms with E-state index in [2.05, 4.69) is 16.5 Å². The molecule has 2 rings (SSSR count). The first-order valence-electron chi connectivity index (χ1n) is 3.87. The van der Waals surface area contributed by atoms with Crippen molar-refractivity contribution in [2.45, 2.75) is 6.92 Å². The van der Waals surface area contributed by atoms with E-state index in [-0.39, 0.29) is 0 Å². The Kier molecular flexibility index (Phi) is 1.47. The summed E-state index contributed by atoms with van der Waals surface area (Å²) < 4.78 is 0. The molecule has 2 heterocycles. The lowest BCUT2D eigenvalue weighted by Crippen LogP contribution is -1.76. The molecule has 0 bridgehead atoms. The van der Waals surface area contributed by atoms with E-state index in [0.29, 0.717) is 0 Å². The highest BCUT2D eigenvalue weighted by atomic mass is 14.8. The molecule has 0 unspecified atom stereocenters. The van der Waals surface area contributed by atoms with Crippen molar-refractivity contribution in [1.29, 1.82) is 0 Å². The Bertz CT molecular complexity index is 426. The van der Waals surface area contributed by atoms with Gasteiger partial charge in [0.25, 0.3) is 0 Å². The molecule has 0 aromatic carbocycles. The van der Waals surface area contributed by atoms with Gasteiger partial charge in [-0.2, -0.15) is 0 Å². The molecule has 0 atom stereocenters. The molecule has 0 aliphatic rings. The average molecular weight is 158 g/mol. The Morgan fingerprint density at radius 1 is 1.50 bits per heavy atom. The molecule has 2 heteroatoms. The largest absolute Gasteiger partial charge is 0.357 e. The third-order valence-corrected chi connectivity index (χ3v) is 1.86. The van der Waals surface area contributed by atoms with E-state index in [1.165, 1.54) is 0 Å². The highest BCUT2D eigenvalue weighted by Crippen LogP contribution is 2.13. The Hall–Kier alpha value is -1.57. The number of hydrogen-bond acceptors (Lipinski definition) is 1. The van der Waals surface area contributed by atoms with Crippen LogP contribution in [0, 0.1) is 6.92 Å². The van der Waals surface area contributed by atoms with Gasteiger partial charge in [-0.05, 0) is 24.6 Å². The second kappa shape index (κ2) is 2.48. The fourth-order valence-corrected chi connectivity index (χ4v) is 1.27. The van der Waals surface area contributed by atoms with E-state index >= 15 is 0 Å². The second-order valence-electron chi connectivity index (χ2n) is 2.86. The van der Waals surface area contributed by atoms with Gasteiger partial charge in [-0.1, -0.05) is 12.7 Å². The van der Waals surface area contributed by atoms with Gasteiger partial charge in [-0.25, -0.2) is 0 Å². The van der Waals surface area contributed by atoms with E-state index < -0.39 is 0 Å². The Labute approximate surface area is 70.9 Å². The molecule has 0 spiro atoms. The maximum Gasteiger partial charge on any atom is 0.0882 e. The van der Waals surface area contributed by atoms with Crippen LogP contribution in [0.25, 0.3) is 17.1 Å². The lowest BCUT2D eigenvalue weighted by Gasteiger charge is -1.91. The Balaban J connectivity index is 2.74. The summed E-state index contributed by atoms with van der Waals surface area (Å²) in [6.45, 7) is 5.71. The number of hydrogen-bond donors (Lipinski definition) is 1. The lowest BCUT2D eigenvalue weighted by atomic mass is 10.2. The van der Waals surface area contributed by atoms with Crippen LogP contribution in [0.3, 0.4) is 0 Å². The smallest absolute Gasteiger partial charge is 0.0882 e. The topological polar surface area (TPSA) is 28.7 Å². The number of aryl methyl sites for hydroxylation is 1. The summed E-state index contributed by atoms with van der Waals surface area (Å²) >= 11 is 0. The normalized spacial score (nSPS) is 10.4. The summed E-state index contributed by atoms with van der Waals surface area (Å²) in [6.07, 6.45) is 3.62. The predicted octanol–water partition coefficient (Wildman–Crippen LogP) is 2.51. The molecule has 2 aromatic rings. The number of fused-ring (bicyclic) bond motifs is 1. The molecule has 0 saturated heterocycles. The lowest BCUT2D eigenvalue weighted by molar-refractivity contribution is 1.30. The number of nitrogens with zero attached hydrogens (tertiary/aromatic N) is 1. The monoisotopic (exact) mass is 158 g/mol. The SMILES string of the molecule is C=Cc1cnc2cc(C)[nH]c2c1. The highest BCUT2D eigenvalue weighted by Gasteiger charge is 1.97. The van der Waals surface area contributed by atoms with Crippen LogP contribution in [0.15, 0.2) is 24.9 Å². The molecule has 1 N–H and O–H groups in total. The molecule has 0 amide bonds. The minimum Gasteiger partial charge on any atom is -0.357 e. The van der Waals surface area contributed by atoms with Crippen LogP contribution >= 0.6 is 0 Å². The first-order chi connectivity index (χ1) is 5.79. The van der Waals surface area contributed by atoms with Gasteiger partial charge in [0.15, 0.2) is 0 Å². The first-order valence-corrected chi connectivity index (χ1v) is 3.87. The number of pyridine rings is 1. The fraction of sp³-hybridized carbons (Fsp3) is 0.100. The number of aromatic nitrogens is 2. The number of aromatic amines is 1. The van der Waals surface area contributed by atoms with Crippen molar-refractivity contribution in [1.82, 2.24) is 9.97 Å². The van der Waals surface area contributed by atoms with Crippen LogP contribution in [0.1, 0.15) is 11.3 Å². The molecule has 2 aromatic heterocycles. The van der Waals surface area contributed by atoms with Gasteiger partial charge in [-0.3, -0.25) is 4.98 Å². The van der Waals surface area contributed by atoms with Crippen LogP contribution in [0.5, 0.6) is 0 Å². The van der Waals surface area contributed by atoms with Gasteiger partial charge < -0.3 is 4.98 Å². The Morgan fingerprint density at radius 2 is 2.33 bits per heavy atom. The number of nitrogens with one attached hydrogen (secondary N) is 1. The van der Waals surface area contributed by atoms with Crippen LogP contribution in [0.2, 0.25) is 0 Å². The van der Waals surface area contributed by atoms with Gasteiger partial charge in [0.05, 0.1) is 11.0 Å². The minimum atomic E-state index is 1.01. The molecule has 0 saturated carbocycles. The van der Waals surface area contributed by atoms with Crippen molar-refractivity contribution in [2.24, 2.45) is 0 Å². The van der Waals surface area contributed by atoms with E-state index in [9.17, 15) is 0 Å². The van der Waals surface area contributed by atoms with Crippen LogP contribution in [-0.4, -0.2) is 9.97 Å². The summed E-state index contributed by atoms with van der Waals surface area (Å²) in [5, 5.41) is 0. The maximum absolute atomic E-state index is 4.27. The number of H-pyrrole nitrogens is 1. The van der Waals surface area contributed by atoms with E-state index in [4.69, 9.17) is 0 Å². The standard InChI is InChI=1S/C10H10N2/c1-3-8-5-10-9(11-6-8)4-7(2)12-10/h3-6,12H,1H2,2H3. The minimum absolute atomic E-state index is 1.01. The van der Waals surface area contributed by atoms with Crippen LogP contribution in [0.4, 0.5) is 0 Å². The summed E-state index contributed by atoms with van der Waals surface area (Å²) in [5.74, 6) is 0. The molecular formula is C10H10N2. The summed E-state index contributed by atoms with van der Waals surface area (Å²) in [5.41, 5.74) is 4.27. The van der Waals surface area contributed by atoms with Gasteiger partial charge in [0, 0.05) is 11.9 Å². The van der Waals surface area contributed by atoms with Crippen LogP contribution < -0.4 is 0 Å². The Morgan fingerprint density at radius 3 is 3.08 bits per heavy atom. The molecule has 0 aliphatic carbocycles. The second-order valence-corrected chi connectivity index (χ2v) is 2.86. The molecule has 0 radical (unpaired) electrons. The van der Waals surface area contributed by atoms with E-state index in [1.54, 1.807) is 6.08 Å². The average Bonchev–Trinajstić information content (AvgIpc) is 2.43. The zero-order valence-corrected chi connectivity index (χ0v) is 6.96. The predicted molar refractivity (Wildman–Crippen MR) is 50.9 cm³/mol. The van der Waals surface area contributed by atoms with Crippen molar-refractivity contribution < 1.29 is 0 Å². The molecule has 0 fully saturated rings. The van der Waals surface area contributed by atoms with E-state index in [1.807, 2.05) is 25.3 Å². The van der Waals surface area contributed by atoms with Gasteiger partial charge in [-0.15, -0.1) is 0 Å². The van der Waals surface area contributed by atoms with Crippen molar-refractivity contribution >= 4 is 17.1 Å². The maximum atomic E-state index is 4.27. The third-order valence-electron chi connectivity index (χ3n) is 1.86.